The molecule has 0 aromatic rings. The van der Waals surface area contributed by atoms with Gasteiger partial charge in [0.2, 0.25) is 17.7 Å². The molecule has 4 heterocycles. The Balaban J connectivity index is 1.65. The molecule has 3 amide bonds. The molecule has 0 aromatic heterocycles. The van der Waals surface area contributed by atoms with Crippen molar-refractivity contribution in [2.45, 2.75) is 40.6 Å². The summed E-state index contributed by atoms with van der Waals surface area (Å²) in [7, 11) is 0. The normalized spacial score (nSPS) is 32.3. The summed E-state index contributed by atoms with van der Waals surface area (Å²) in [5.74, 6) is -1.46. The molecule has 11 heteroatoms. The Kier molecular flexibility index (Phi) is 10.00. The Morgan fingerprint density at radius 1 is 1.16 bits per heavy atom. The summed E-state index contributed by atoms with van der Waals surface area (Å²) in [5.41, 5.74) is 0. The van der Waals surface area contributed by atoms with Gasteiger partial charge in [-0.1, -0.05) is 35.0 Å². The van der Waals surface area contributed by atoms with Crippen LogP contribution in [0.3, 0.4) is 0 Å². The van der Waals surface area contributed by atoms with Gasteiger partial charge in [-0.25, -0.2) is 0 Å². The van der Waals surface area contributed by atoms with Crippen molar-refractivity contribution in [1.82, 2.24) is 19.6 Å². The van der Waals surface area contributed by atoms with E-state index in [0.29, 0.717) is 52.4 Å². The van der Waals surface area contributed by atoms with Crippen LogP contribution in [0.2, 0.25) is 0 Å². The highest BCUT2D eigenvalue weighted by atomic mass is 79.9. The molecule has 0 radical (unpaired) electrons. The largest absolute Gasteiger partial charge is 0.395 e. The minimum absolute atomic E-state index is 0.0169. The topological polar surface area (TPSA) is 93.6 Å². The monoisotopic (exact) mass is 612 g/mol. The molecule has 4 rings (SSSR count). The van der Waals surface area contributed by atoms with Gasteiger partial charge in [0.05, 0.1) is 36.4 Å². The number of hydrogen-bond acceptors (Lipinski definition) is 7. The van der Waals surface area contributed by atoms with E-state index >= 15 is 0 Å². The molecule has 6 atom stereocenters. The molecule has 4 fully saturated rings. The van der Waals surface area contributed by atoms with Crippen LogP contribution in [0.15, 0.2) is 25.3 Å². The Morgan fingerprint density at radius 2 is 1.82 bits per heavy atom. The Hall–Kier alpha value is -1.40. The summed E-state index contributed by atoms with van der Waals surface area (Å²) in [5, 5.41) is 9.80. The summed E-state index contributed by atoms with van der Waals surface area (Å²) in [6.45, 7) is 15.2. The predicted molar refractivity (Wildman–Crippen MR) is 152 cm³/mol. The molecule has 9 nitrogen and oxygen atoms in total. The number of ether oxygens (including phenoxy) is 1. The summed E-state index contributed by atoms with van der Waals surface area (Å²) < 4.78 is 4.74. The van der Waals surface area contributed by atoms with Gasteiger partial charge in [-0.3, -0.25) is 19.3 Å². The van der Waals surface area contributed by atoms with Crippen molar-refractivity contribution >= 4 is 45.4 Å². The number of morpholine rings is 1. The zero-order valence-electron chi connectivity index (χ0n) is 22.3. The molecule has 0 saturated carbocycles. The number of halogens is 1. The molecule has 212 valence electrons. The lowest BCUT2D eigenvalue weighted by molar-refractivity contribution is -0.145. The minimum atomic E-state index is -0.733. The number of fused-ring (bicyclic) bond motifs is 1. The van der Waals surface area contributed by atoms with Crippen LogP contribution in [0.1, 0.15) is 19.8 Å². The van der Waals surface area contributed by atoms with E-state index in [1.54, 1.807) is 38.6 Å². The lowest BCUT2D eigenvalue weighted by Gasteiger charge is -2.39. The van der Waals surface area contributed by atoms with Crippen LogP contribution in [0.4, 0.5) is 0 Å². The van der Waals surface area contributed by atoms with Gasteiger partial charge in [-0.05, 0) is 12.8 Å². The van der Waals surface area contributed by atoms with E-state index in [1.807, 2.05) is 6.92 Å². The average Bonchev–Trinajstić information content (AvgIpc) is 3.50. The van der Waals surface area contributed by atoms with E-state index in [9.17, 15) is 19.5 Å². The second-order valence-corrected chi connectivity index (χ2v) is 13.2. The highest BCUT2D eigenvalue weighted by Gasteiger charge is 2.76. The standard InChI is InChI=1S/C27H41BrN4O5S/c1-4-7-30(8-5-2)24(34)20-21-25(35)32(12-15-33)23(27(21)18-19(28)22(20)38-27)26(36)31(9-6-3)11-10-29-13-16-37-17-14-29/h4,6,19-23,33H,1,3,5,7-18H2,2H3/t19?,20-,21+,22-,23?,27?/m1/s1. The molecule has 0 aliphatic carbocycles. The van der Waals surface area contributed by atoms with Gasteiger partial charge in [-0.15, -0.1) is 24.9 Å². The first-order valence-electron chi connectivity index (χ1n) is 13.7. The summed E-state index contributed by atoms with van der Waals surface area (Å²) in [6.07, 6.45) is 4.87. The van der Waals surface area contributed by atoms with Crippen molar-refractivity contribution in [1.29, 1.82) is 0 Å². The van der Waals surface area contributed by atoms with E-state index in [0.717, 1.165) is 19.5 Å². The van der Waals surface area contributed by atoms with Crippen LogP contribution in [-0.2, 0) is 19.1 Å². The molecule has 1 N–H and O–H groups in total. The van der Waals surface area contributed by atoms with E-state index in [2.05, 4.69) is 34.0 Å². The highest BCUT2D eigenvalue weighted by molar-refractivity contribution is 9.09. The molecule has 4 saturated heterocycles. The van der Waals surface area contributed by atoms with Crippen molar-refractivity contribution < 1.29 is 24.2 Å². The van der Waals surface area contributed by atoms with Gasteiger partial charge in [0.15, 0.2) is 0 Å². The molecular formula is C27H41BrN4O5S. The third-order valence-electron chi connectivity index (χ3n) is 8.25. The maximum atomic E-state index is 14.3. The summed E-state index contributed by atoms with van der Waals surface area (Å²) in [4.78, 5) is 49.6. The van der Waals surface area contributed by atoms with E-state index < -0.39 is 22.6 Å². The van der Waals surface area contributed by atoms with Crippen molar-refractivity contribution in [3.8, 4) is 0 Å². The molecular weight excluding hydrogens is 572 g/mol. The number of carbonyl (C=O) groups excluding carboxylic acids is 3. The van der Waals surface area contributed by atoms with Gasteiger partial charge < -0.3 is 24.5 Å². The number of likely N-dealkylation sites (tertiary alicyclic amines) is 1. The van der Waals surface area contributed by atoms with Crippen LogP contribution < -0.4 is 0 Å². The van der Waals surface area contributed by atoms with Crippen molar-refractivity contribution in [3.63, 3.8) is 0 Å². The van der Waals surface area contributed by atoms with E-state index in [1.165, 1.54) is 0 Å². The number of alkyl halides is 1. The fourth-order valence-corrected chi connectivity index (χ4v) is 10.3. The highest BCUT2D eigenvalue weighted by Crippen LogP contribution is 2.68. The molecule has 1 spiro atoms. The van der Waals surface area contributed by atoms with Crippen LogP contribution in [-0.4, -0.2) is 135 Å². The number of thioether (sulfide) groups is 1. The number of hydrogen-bond donors (Lipinski definition) is 1. The zero-order valence-corrected chi connectivity index (χ0v) is 24.7. The van der Waals surface area contributed by atoms with Crippen molar-refractivity contribution in [3.05, 3.63) is 25.3 Å². The summed E-state index contributed by atoms with van der Waals surface area (Å²) in [6, 6.07) is -0.733. The SMILES string of the molecule is C=CCN(CCN1CCOCC1)C(=O)C1N(CCO)C(=O)[C@@H]2[C@@H](C(=O)N(CC=C)CCC)[C@@H]3SC12CC3Br. The predicted octanol–water partition coefficient (Wildman–Crippen LogP) is 1.21. The van der Waals surface area contributed by atoms with E-state index in [4.69, 9.17) is 4.74 Å². The van der Waals surface area contributed by atoms with Crippen LogP contribution >= 0.6 is 27.7 Å². The zero-order chi connectivity index (χ0) is 27.4. The minimum Gasteiger partial charge on any atom is -0.395 e. The number of nitrogens with zero attached hydrogens (tertiary/aromatic N) is 4. The first kappa shape index (κ1) is 29.6. The number of β-amino-alcohol motifs (C(OH)–C–C–N with tert-alkyl or cyclic N) is 1. The smallest absolute Gasteiger partial charge is 0.247 e. The van der Waals surface area contributed by atoms with Crippen molar-refractivity contribution in [2.75, 3.05) is 72.2 Å². The average molecular weight is 614 g/mol. The van der Waals surface area contributed by atoms with Gasteiger partial charge in [0.25, 0.3) is 0 Å². The van der Waals surface area contributed by atoms with E-state index in [-0.39, 0.29) is 41.0 Å². The fraction of sp³-hybridized carbons (Fsp3) is 0.741. The second-order valence-electron chi connectivity index (χ2n) is 10.5. The Morgan fingerprint density at radius 3 is 2.42 bits per heavy atom. The maximum absolute atomic E-state index is 14.3. The number of carbonyl (C=O) groups is 3. The quantitative estimate of drug-likeness (QED) is 0.247. The van der Waals surface area contributed by atoms with Gasteiger partial charge >= 0.3 is 0 Å². The Bertz CT molecular complexity index is 918. The van der Waals surface area contributed by atoms with Gasteiger partial charge in [0, 0.05) is 62.4 Å². The number of amides is 3. The summed E-state index contributed by atoms with van der Waals surface area (Å²) >= 11 is 5.45. The third-order valence-corrected chi connectivity index (χ3v) is 11.5. The van der Waals surface area contributed by atoms with Crippen molar-refractivity contribution in [2.24, 2.45) is 11.8 Å². The molecule has 0 aromatic carbocycles. The van der Waals surface area contributed by atoms with Crippen LogP contribution in [0.5, 0.6) is 0 Å². The lowest BCUT2D eigenvalue weighted by atomic mass is 9.70. The Labute approximate surface area is 238 Å². The van der Waals surface area contributed by atoms with Gasteiger partial charge in [0.1, 0.15) is 6.04 Å². The number of aliphatic hydroxyl groups is 1. The molecule has 4 aliphatic heterocycles. The van der Waals surface area contributed by atoms with Crippen LogP contribution in [0, 0.1) is 11.8 Å². The third kappa shape index (κ3) is 5.33. The molecule has 2 bridgehead atoms. The number of aliphatic hydroxyl groups excluding tert-OH is 1. The first-order valence-corrected chi connectivity index (χ1v) is 15.5. The fourth-order valence-electron chi connectivity index (χ4n) is 6.67. The molecule has 4 aliphatic rings. The first-order chi connectivity index (χ1) is 18.3. The lowest BCUT2D eigenvalue weighted by Crippen LogP contribution is -2.57. The maximum Gasteiger partial charge on any atom is 0.247 e. The molecule has 38 heavy (non-hydrogen) atoms. The van der Waals surface area contributed by atoms with Gasteiger partial charge in [-0.2, -0.15) is 0 Å². The second kappa shape index (κ2) is 12.8. The van der Waals surface area contributed by atoms with Crippen LogP contribution in [0.25, 0.3) is 0 Å². The number of rotatable bonds is 13. The molecule has 3 unspecified atom stereocenters.